The Morgan fingerprint density at radius 2 is 2.24 bits per heavy atom. The van der Waals surface area contributed by atoms with E-state index < -0.39 is 11.2 Å². The van der Waals surface area contributed by atoms with Gasteiger partial charge in [-0.3, -0.25) is 4.79 Å². The number of hydrogen-bond donors (Lipinski definition) is 2. The van der Waals surface area contributed by atoms with Crippen LogP contribution in [-0.4, -0.2) is 12.5 Å². The van der Waals surface area contributed by atoms with Gasteiger partial charge in [-0.1, -0.05) is 0 Å². The van der Waals surface area contributed by atoms with E-state index >= 15 is 0 Å². The summed E-state index contributed by atoms with van der Waals surface area (Å²) in [6.07, 6.45) is 0. The van der Waals surface area contributed by atoms with Crippen molar-refractivity contribution < 1.29 is 9.18 Å². The minimum Gasteiger partial charge on any atom is -0.329 e. The number of nitrogens with one attached hydrogen (secondary N) is 1. The van der Waals surface area contributed by atoms with E-state index in [0.29, 0.717) is 5.69 Å². The van der Waals surface area contributed by atoms with Crippen LogP contribution in [0, 0.1) is 22.6 Å². The number of anilines is 1. The fourth-order valence-electron chi connectivity index (χ4n) is 1.08. The van der Waals surface area contributed by atoms with E-state index in [1.165, 1.54) is 12.1 Å². The van der Waals surface area contributed by atoms with Crippen LogP contribution >= 0.6 is 0 Å². The summed E-state index contributed by atoms with van der Waals surface area (Å²) in [6, 6.07) is 5.55. The van der Waals surface area contributed by atoms with Gasteiger partial charge in [0.15, 0.2) is 0 Å². The smallest absolute Gasteiger partial charge is 0.231 e. The Kier molecular flexibility index (Phi) is 3.81. The average molecular weight is 235 g/mol. The van der Waals surface area contributed by atoms with Crippen LogP contribution in [0.2, 0.25) is 0 Å². The summed E-state index contributed by atoms with van der Waals surface area (Å²) in [5, 5.41) is 11.3. The Balaban J connectivity index is 2.91. The fraction of sp³-hybridized carbons (Fsp3) is 0.333. The molecule has 0 heterocycles. The van der Waals surface area contributed by atoms with Crippen LogP contribution < -0.4 is 11.1 Å². The first-order chi connectivity index (χ1) is 7.90. The summed E-state index contributed by atoms with van der Waals surface area (Å²) in [4.78, 5) is 11.8. The van der Waals surface area contributed by atoms with E-state index in [4.69, 9.17) is 11.0 Å². The third kappa shape index (κ3) is 3.02. The molecule has 1 amide bonds. The minimum absolute atomic E-state index is 0.103. The van der Waals surface area contributed by atoms with Crippen molar-refractivity contribution in [3.8, 4) is 6.07 Å². The molecule has 0 unspecified atom stereocenters. The molecule has 0 atom stereocenters. The summed E-state index contributed by atoms with van der Waals surface area (Å²) in [6.45, 7) is 3.61. The van der Waals surface area contributed by atoms with Gasteiger partial charge in [-0.2, -0.15) is 5.26 Å². The normalized spacial score (nSPS) is 10.8. The first kappa shape index (κ1) is 13.1. The van der Waals surface area contributed by atoms with Gasteiger partial charge in [0.2, 0.25) is 5.91 Å². The molecule has 0 saturated heterocycles. The molecule has 0 spiro atoms. The lowest BCUT2D eigenvalue weighted by atomic mass is 9.92. The predicted octanol–water partition coefficient (Wildman–Crippen LogP) is 1.62. The summed E-state index contributed by atoms with van der Waals surface area (Å²) >= 11 is 0. The number of benzene rings is 1. The van der Waals surface area contributed by atoms with Crippen molar-refractivity contribution in [1.29, 1.82) is 5.26 Å². The molecule has 0 radical (unpaired) electrons. The van der Waals surface area contributed by atoms with E-state index in [0.717, 1.165) is 6.07 Å². The van der Waals surface area contributed by atoms with Crippen LogP contribution in [0.1, 0.15) is 19.4 Å². The predicted molar refractivity (Wildman–Crippen MR) is 62.6 cm³/mol. The van der Waals surface area contributed by atoms with Gasteiger partial charge in [0, 0.05) is 12.2 Å². The van der Waals surface area contributed by atoms with Crippen LogP contribution in [0.25, 0.3) is 0 Å². The number of nitriles is 1. The maximum absolute atomic E-state index is 13.1. The number of hydrogen-bond acceptors (Lipinski definition) is 3. The third-order valence-electron chi connectivity index (χ3n) is 2.47. The fourth-order valence-corrected chi connectivity index (χ4v) is 1.08. The second-order valence-electron chi connectivity index (χ2n) is 4.35. The van der Waals surface area contributed by atoms with Crippen molar-refractivity contribution >= 4 is 11.6 Å². The summed E-state index contributed by atoms with van der Waals surface area (Å²) in [5.41, 5.74) is 5.04. The number of carbonyl (C=O) groups excluding carboxylic acids is 1. The molecule has 1 rings (SSSR count). The molecule has 0 fully saturated rings. The van der Waals surface area contributed by atoms with E-state index in [-0.39, 0.29) is 18.0 Å². The largest absolute Gasteiger partial charge is 0.329 e. The highest BCUT2D eigenvalue weighted by Crippen LogP contribution is 2.19. The van der Waals surface area contributed by atoms with Crippen molar-refractivity contribution in [1.82, 2.24) is 0 Å². The maximum Gasteiger partial charge on any atom is 0.231 e. The molecule has 0 aliphatic carbocycles. The molecular formula is C12H14FN3O. The molecule has 4 nitrogen and oxygen atoms in total. The van der Waals surface area contributed by atoms with Gasteiger partial charge in [0.25, 0.3) is 0 Å². The second-order valence-corrected chi connectivity index (χ2v) is 4.35. The molecule has 90 valence electrons. The van der Waals surface area contributed by atoms with Gasteiger partial charge in [0.05, 0.1) is 11.0 Å². The number of rotatable bonds is 3. The van der Waals surface area contributed by atoms with Gasteiger partial charge in [-0.25, -0.2) is 4.39 Å². The van der Waals surface area contributed by atoms with Crippen LogP contribution in [0.3, 0.4) is 0 Å². The van der Waals surface area contributed by atoms with Gasteiger partial charge in [0.1, 0.15) is 11.9 Å². The number of nitrogens with two attached hydrogens (primary N) is 1. The third-order valence-corrected chi connectivity index (χ3v) is 2.47. The molecule has 0 bridgehead atoms. The first-order valence-electron chi connectivity index (χ1n) is 5.12. The molecule has 5 heteroatoms. The van der Waals surface area contributed by atoms with Crippen LogP contribution in [0.4, 0.5) is 10.1 Å². The van der Waals surface area contributed by atoms with Gasteiger partial charge < -0.3 is 11.1 Å². The SMILES string of the molecule is CC(C)(CN)C(=O)Nc1ccc(F)c(C#N)c1. The topological polar surface area (TPSA) is 78.9 Å². The lowest BCUT2D eigenvalue weighted by molar-refractivity contribution is -0.123. The highest BCUT2D eigenvalue weighted by molar-refractivity contribution is 5.95. The lowest BCUT2D eigenvalue weighted by Gasteiger charge is -2.21. The monoisotopic (exact) mass is 235 g/mol. The van der Waals surface area contributed by atoms with E-state index in [1.54, 1.807) is 19.9 Å². The second kappa shape index (κ2) is 4.93. The van der Waals surface area contributed by atoms with Crippen molar-refractivity contribution in [3.05, 3.63) is 29.6 Å². The van der Waals surface area contributed by atoms with Crippen molar-refractivity contribution in [2.75, 3.05) is 11.9 Å². The molecule has 1 aromatic rings. The Labute approximate surface area is 99.2 Å². The van der Waals surface area contributed by atoms with Crippen LogP contribution in [0.5, 0.6) is 0 Å². The Morgan fingerprint density at radius 3 is 2.76 bits per heavy atom. The summed E-state index contributed by atoms with van der Waals surface area (Å²) < 4.78 is 13.1. The number of amides is 1. The molecule has 1 aromatic carbocycles. The summed E-state index contributed by atoms with van der Waals surface area (Å²) in [7, 11) is 0. The van der Waals surface area contributed by atoms with Gasteiger partial charge in [-0.05, 0) is 32.0 Å². The van der Waals surface area contributed by atoms with Crippen molar-refractivity contribution in [2.45, 2.75) is 13.8 Å². The number of carbonyl (C=O) groups is 1. The van der Waals surface area contributed by atoms with Crippen LogP contribution in [-0.2, 0) is 4.79 Å². The molecule has 0 aliphatic heterocycles. The average Bonchev–Trinajstić information content (AvgIpc) is 2.31. The van der Waals surface area contributed by atoms with E-state index in [2.05, 4.69) is 5.32 Å². The minimum atomic E-state index is -0.707. The van der Waals surface area contributed by atoms with Crippen molar-refractivity contribution in [2.24, 2.45) is 11.1 Å². The first-order valence-corrected chi connectivity index (χ1v) is 5.12. The lowest BCUT2D eigenvalue weighted by Crippen LogP contribution is -2.37. The highest BCUT2D eigenvalue weighted by atomic mass is 19.1. The Hall–Kier alpha value is -1.93. The zero-order valence-corrected chi connectivity index (χ0v) is 9.75. The van der Waals surface area contributed by atoms with E-state index in [9.17, 15) is 9.18 Å². The maximum atomic E-state index is 13.1. The number of nitrogens with zero attached hydrogens (tertiary/aromatic N) is 1. The quantitative estimate of drug-likeness (QED) is 0.835. The Morgan fingerprint density at radius 1 is 1.59 bits per heavy atom. The zero-order valence-electron chi connectivity index (χ0n) is 9.75. The molecule has 17 heavy (non-hydrogen) atoms. The Bertz CT molecular complexity index is 477. The summed E-state index contributed by atoms with van der Waals surface area (Å²) in [5.74, 6) is -0.876. The molecular weight excluding hydrogens is 221 g/mol. The molecule has 0 aliphatic rings. The van der Waals surface area contributed by atoms with E-state index in [1.807, 2.05) is 0 Å². The molecule has 0 aromatic heterocycles. The molecule has 3 N–H and O–H groups in total. The standard InChI is InChI=1S/C12H14FN3O/c1-12(2,7-15)11(17)16-9-3-4-10(13)8(5-9)6-14/h3-5H,7,15H2,1-2H3,(H,16,17). The highest BCUT2D eigenvalue weighted by Gasteiger charge is 2.25. The van der Waals surface area contributed by atoms with Crippen molar-refractivity contribution in [3.63, 3.8) is 0 Å². The van der Waals surface area contributed by atoms with Gasteiger partial charge in [-0.15, -0.1) is 0 Å². The van der Waals surface area contributed by atoms with Crippen LogP contribution in [0.15, 0.2) is 18.2 Å². The van der Waals surface area contributed by atoms with Gasteiger partial charge >= 0.3 is 0 Å². The molecule has 0 saturated carbocycles. The number of halogens is 1. The zero-order chi connectivity index (χ0) is 13.1.